The molecule has 4 unspecified atom stereocenters. The highest BCUT2D eigenvalue weighted by Crippen LogP contribution is 2.48. The topological polar surface area (TPSA) is 27.7 Å². The average molecular weight is 505 g/mol. The van der Waals surface area contributed by atoms with E-state index in [1.807, 2.05) is 0 Å². The van der Waals surface area contributed by atoms with Gasteiger partial charge >= 0.3 is 0 Å². The molecule has 0 amide bonds. The molecule has 0 aromatic carbocycles. The summed E-state index contributed by atoms with van der Waals surface area (Å²) in [5.74, 6) is 0. The number of hydrogen-bond acceptors (Lipinski definition) is 3. The SMILES string of the molecule is C=C[Si](C)(OC(C)(CC)[Si](C)(C)C)C(C)(C)C(C)O[Si](C)(C)C(C)(CC)O[Si](C)(C)C. The first-order chi connectivity index (χ1) is 13.5. The van der Waals surface area contributed by atoms with Crippen molar-refractivity contribution in [1.82, 2.24) is 0 Å². The van der Waals surface area contributed by atoms with Crippen LogP contribution in [0, 0.1) is 0 Å². The summed E-state index contributed by atoms with van der Waals surface area (Å²) in [7, 11) is -7.75. The summed E-state index contributed by atoms with van der Waals surface area (Å²) in [5.41, 5.74) is 2.15. The first-order valence-electron chi connectivity index (χ1n) is 12.2. The van der Waals surface area contributed by atoms with Gasteiger partial charge in [0, 0.05) is 16.4 Å². The molecule has 0 fully saturated rings. The summed E-state index contributed by atoms with van der Waals surface area (Å²) in [5, 5.41) is -0.404. The van der Waals surface area contributed by atoms with Crippen LogP contribution in [-0.4, -0.2) is 49.6 Å². The van der Waals surface area contributed by atoms with Crippen LogP contribution < -0.4 is 0 Å². The van der Waals surface area contributed by atoms with Gasteiger partial charge in [-0.3, -0.25) is 0 Å². The Kier molecular flexibility index (Phi) is 10.2. The molecule has 0 aromatic heterocycles. The largest absolute Gasteiger partial charge is 0.412 e. The lowest BCUT2D eigenvalue weighted by Crippen LogP contribution is -2.64. The summed E-state index contributed by atoms with van der Waals surface area (Å²) < 4.78 is 21.0. The summed E-state index contributed by atoms with van der Waals surface area (Å²) in [6.45, 7) is 41.3. The summed E-state index contributed by atoms with van der Waals surface area (Å²) >= 11 is 0. The van der Waals surface area contributed by atoms with Crippen molar-refractivity contribution in [2.75, 3.05) is 0 Å². The van der Waals surface area contributed by atoms with Crippen LogP contribution in [-0.2, 0) is 13.3 Å². The van der Waals surface area contributed by atoms with Gasteiger partial charge in [0.15, 0.2) is 8.32 Å². The summed E-state index contributed by atoms with van der Waals surface area (Å²) in [4.78, 5) is 0. The van der Waals surface area contributed by atoms with Gasteiger partial charge < -0.3 is 13.3 Å². The van der Waals surface area contributed by atoms with E-state index in [1.54, 1.807) is 0 Å². The van der Waals surface area contributed by atoms with Gasteiger partial charge in [0.2, 0.25) is 16.6 Å². The first-order valence-corrected chi connectivity index (χ1v) is 24.5. The molecule has 0 aliphatic heterocycles. The van der Waals surface area contributed by atoms with Crippen molar-refractivity contribution in [3.63, 3.8) is 0 Å². The fourth-order valence-electron chi connectivity index (χ4n) is 4.07. The molecule has 0 saturated heterocycles. The molecule has 0 rings (SSSR count). The Morgan fingerprint density at radius 3 is 1.48 bits per heavy atom. The van der Waals surface area contributed by atoms with E-state index >= 15 is 0 Å². The standard InChI is InChI=1S/C24H56O3Si4/c1-18-23(7,28(9,10)11)27-31(17,20-3)22(5,6)21(4)25-30(15,16)24(8,19-2)26-29(12,13)14/h20-21H,3,18-19H2,1-2,4-17H3. The van der Waals surface area contributed by atoms with Gasteiger partial charge in [-0.05, 0) is 72.9 Å². The highest BCUT2D eigenvalue weighted by Gasteiger charge is 2.55. The molecule has 0 N–H and O–H groups in total. The molecule has 0 heterocycles. The average Bonchev–Trinajstić information content (AvgIpc) is 2.58. The molecule has 4 atom stereocenters. The maximum absolute atomic E-state index is 7.17. The zero-order valence-electron chi connectivity index (χ0n) is 24.0. The Balaban J connectivity index is 6.05. The van der Waals surface area contributed by atoms with Gasteiger partial charge in [-0.2, -0.15) is 0 Å². The van der Waals surface area contributed by atoms with Gasteiger partial charge in [0.1, 0.15) is 0 Å². The molecule has 0 aliphatic rings. The second-order valence-corrected chi connectivity index (χ2v) is 31.5. The van der Waals surface area contributed by atoms with Crippen molar-refractivity contribution >= 4 is 33.0 Å². The summed E-state index contributed by atoms with van der Waals surface area (Å²) in [6.07, 6.45) is 2.06. The third-order valence-corrected chi connectivity index (χ3v) is 22.0. The number of hydrogen-bond donors (Lipinski definition) is 0. The monoisotopic (exact) mass is 504 g/mol. The second-order valence-electron chi connectivity index (χ2n) is 13.0. The molecule has 7 heteroatoms. The molecule has 0 aromatic rings. The second kappa shape index (κ2) is 10.00. The van der Waals surface area contributed by atoms with Crippen LogP contribution in [0.4, 0.5) is 0 Å². The molecule has 0 aliphatic carbocycles. The third-order valence-electron chi connectivity index (χ3n) is 8.33. The minimum absolute atomic E-state index is 0.0580. The zero-order valence-corrected chi connectivity index (χ0v) is 28.0. The predicted octanol–water partition coefficient (Wildman–Crippen LogP) is 8.30. The molecular weight excluding hydrogens is 449 g/mol. The van der Waals surface area contributed by atoms with Gasteiger partial charge in [-0.15, -0.1) is 6.58 Å². The van der Waals surface area contributed by atoms with E-state index in [0.717, 1.165) is 12.8 Å². The minimum atomic E-state index is -2.33. The van der Waals surface area contributed by atoms with E-state index in [9.17, 15) is 0 Å². The van der Waals surface area contributed by atoms with Crippen LogP contribution in [0.3, 0.4) is 0 Å². The van der Waals surface area contributed by atoms with Crippen molar-refractivity contribution in [2.45, 2.75) is 142 Å². The van der Waals surface area contributed by atoms with Crippen LogP contribution in [0.15, 0.2) is 12.3 Å². The zero-order chi connectivity index (χ0) is 25.3. The highest BCUT2D eigenvalue weighted by atomic mass is 28.4. The van der Waals surface area contributed by atoms with E-state index in [2.05, 4.69) is 120 Å². The third kappa shape index (κ3) is 6.99. The van der Waals surface area contributed by atoms with Crippen LogP contribution in [0.2, 0.25) is 64.0 Å². The molecule has 0 bridgehead atoms. The molecule has 0 radical (unpaired) electrons. The van der Waals surface area contributed by atoms with Crippen molar-refractivity contribution in [3.05, 3.63) is 12.3 Å². The summed E-state index contributed by atoms with van der Waals surface area (Å²) in [6, 6.07) is 0. The molecular formula is C24H56O3Si4. The highest BCUT2D eigenvalue weighted by molar-refractivity contribution is 6.84. The molecule has 3 nitrogen and oxygen atoms in total. The van der Waals surface area contributed by atoms with Gasteiger partial charge in [0.25, 0.3) is 0 Å². The maximum Gasteiger partial charge on any atom is 0.221 e. The fraction of sp³-hybridized carbons (Fsp3) is 0.917. The van der Waals surface area contributed by atoms with E-state index in [-0.39, 0.29) is 21.6 Å². The van der Waals surface area contributed by atoms with Crippen molar-refractivity contribution in [3.8, 4) is 0 Å². The smallest absolute Gasteiger partial charge is 0.221 e. The van der Waals surface area contributed by atoms with Gasteiger partial charge in [-0.1, -0.05) is 53.0 Å². The quantitative estimate of drug-likeness (QED) is 0.236. The van der Waals surface area contributed by atoms with Crippen LogP contribution in [0.25, 0.3) is 0 Å². The molecule has 31 heavy (non-hydrogen) atoms. The lowest BCUT2D eigenvalue weighted by molar-refractivity contribution is 0.0734. The van der Waals surface area contributed by atoms with Crippen molar-refractivity contribution in [2.24, 2.45) is 0 Å². The van der Waals surface area contributed by atoms with Crippen molar-refractivity contribution < 1.29 is 13.3 Å². The predicted molar refractivity (Wildman–Crippen MR) is 150 cm³/mol. The molecule has 0 spiro atoms. The number of rotatable bonds is 13. The van der Waals surface area contributed by atoms with E-state index < -0.39 is 33.0 Å². The van der Waals surface area contributed by atoms with Crippen LogP contribution >= 0.6 is 0 Å². The Hall–Kier alpha value is 0.488. The minimum Gasteiger partial charge on any atom is -0.412 e. The maximum atomic E-state index is 7.17. The Morgan fingerprint density at radius 1 is 0.774 bits per heavy atom. The van der Waals surface area contributed by atoms with Crippen LogP contribution in [0.5, 0.6) is 0 Å². The van der Waals surface area contributed by atoms with Crippen LogP contribution in [0.1, 0.15) is 61.3 Å². The normalized spacial score (nSPS) is 21.0. The lowest BCUT2D eigenvalue weighted by atomic mass is 10.1. The Morgan fingerprint density at radius 2 is 1.19 bits per heavy atom. The van der Waals surface area contributed by atoms with Crippen molar-refractivity contribution in [1.29, 1.82) is 0 Å². The lowest BCUT2D eigenvalue weighted by Gasteiger charge is -2.54. The fourth-order valence-corrected chi connectivity index (χ4v) is 15.6. The molecule has 0 saturated carbocycles. The first kappa shape index (κ1) is 31.5. The Labute approximate surface area is 200 Å². The van der Waals surface area contributed by atoms with E-state index in [4.69, 9.17) is 13.3 Å². The Bertz CT molecular complexity index is 609. The van der Waals surface area contributed by atoms with E-state index in [0.29, 0.717) is 0 Å². The molecule has 186 valence electrons. The van der Waals surface area contributed by atoms with E-state index in [1.165, 1.54) is 0 Å². The van der Waals surface area contributed by atoms with Gasteiger partial charge in [-0.25, -0.2) is 0 Å². The van der Waals surface area contributed by atoms with Gasteiger partial charge in [0.05, 0.1) is 13.3 Å².